The van der Waals surface area contributed by atoms with E-state index in [0.717, 1.165) is 19.8 Å². The van der Waals surface area contributed by atoms with Crippen LogP contribution in [0.2, 0.25) is 0 Å². The number of likely N-dealkylation sites (N-methyl/N-ethyl adjacent to an activating group) is 1. The van der Waals surface area contributed by atoms with Crippen molar-refractivity contribution in [2.24, 2.45) is 0 Å². The minimum absolute atomic E-state index is 0.258. The quantitative estimate of drug-likeness (QED) is 0.580. The summed E-state index contributed by atoms with van der Waals surface area (Å²) >= 11 is 0. The predicted octanol–water partition coefficient (Wildman–Crippen LogP) is 0.352. The van der Waals surface area contributed by atoms with Gasteiger partial charge in [-0.2, -0.15) is 0 Å². The molecule has 1 aliphatic heterocycles. The first-order valence-corrected chi connectivity index (χ1v) is 4.06. The van der Waals surface area contributed by atoms with Crippen LogP contribution in [0.3, 0.4) is 0 Å². The molecule has 0 saturated carbocycles. The van der Waals surface area contributed by atoms with Crippen molar-refractivity contribution in [3.63, 3.8) is 0 Å². The van der Waals surface area contributed by atoms with Crippen molar-refractivity contribution in [1.82, 2.24) is 4.90 Å². The Morgan fingerprint density at radius 3 is 2.64 bits per heavy atom. The van der Waals surface area contributed by atoms with E-state index in [2.05, 4.69) is 4.90 Å². The zero-order chi connectivity index (χ0) is 8.27. The zero-order valence-electron chi connectivity index (χ0n) is 7.54. The van der Waals surface area contributed by atoms with Crippen molar-refractivity contribution < 1.29 is 9.47 Å². The second-order valence-electron chi connectivity index (χ2n) is 3.37. The van der Waals surface area contributed by atoms with E-state index in [9.17, 15) is 0 Å². The number of rotatable bonds is 2. The molecule has 0 N–H and O–H groups in total. The van der Waals surface area contributed by atoms with Crippen LogP contribution in [0.1, 0.15) is 6.92 Å². The maximum Gasteiger partial charge on any atom is 0.0939 e. The molecule has 0 radical (unpaired) electrons. The molecule has 66 valence electrons. The molecule has 0 spiro atoms. The molecule has 1 aliphatic rings. The summed E-state index contributed by atoms with van der Waals surface area (Å²) in [6, 6.07) is 0. The Bertz CT molecular complexity index is 115. The average molecular weight is 159 g/mol. The Kier molecular flexibility index (Phi) is 3.30. The van der Waals surface area contributed by atoms with E-state index in [4.69, 9.17) is 9.47 Å². The number of nitrogens with zero attached hydrogens (tertiary/aromatic N) is 1. The van der Waals surface area contributed by atoms with Gasteiger partial charge in [0.05, 0.1) is 25.4 Å². The van der Waals surface area contributed by atoms with Crippen molar-refractivity contribution in [1.29, 1.82) is 0 Å². The lowest BCUT2D eigenvalue weighted by Gasteiger charge is -2.29. The molecule has 0 bridgehead atoms. The van der Waals surface area contributed by atoms with E-state index in [0.29, 0.717) is 0 Å². The number of ether oxygens (including phenoxy) is 2. The van der Waals surface area contributed by atoms with E-state index in [1.165, 1.54) is 0 Å². The zero-order valence-corrected chi connectivity index (χ0v) is 7.54. The molecular formula is C8H17NO2. The van der Waals surface area contributed by atoms with E-state index in [1.807, 2.05) is 21.0 Å². The Morgan fingerprint density at radius 1 is 1.36 bits per heavy atom. The van der Waals surface area contributed by atoms with E-state index < -0.39 is 0 Å². The molecule has 0 unspecified atom stereocenters. The summed E-state index contributed by atoms with van der Waals surface area (Å²) in [6.07, 6.45) is 0.516. The third-order valence-electron chi connectivity index (χ3n) is 1.65. The lowest BCUT2D eigenvalue weighted by Crippen LogP contribution is -2.40. The SMILES string of the molecule is C[C@H]1COC[C@@H](CN(C)C)O1. The van der Waals surface area contributed by atoms with Gasteiger partial charge in [0.2, 0.25) is 0 Å². The average Bonchev–Trinajstić information content (AvgIpc) is 1.85. The first kappa shape index (κ1) is 8.97. The molecule has 1 heterocycles. The fraction of sp³-hybridized carbons (Fsp3) is 1.00. The maximum absolute atomic E-state index is 5.63. The summed E-state index contributed by atoms with van der Waals surface area (Å²) in [6.45, 7) is 4.47. The van der Waals surface area contributed by atoms with Crippen LogP contribution in [0.15, 0.2) is 0 Å². The van der Waals surface area contributed by atoms with Gasteiger partial charge in [0.1, 0.15) is 0 Å². The van der Waals surface area contributed by atoms with Gasteiger partial charge in [0.15, 0.2) is 0 Å². The first-order valence-electron chi connectivity index (χ1n) is 4.06. The van der Waals surface area contributed by atoms with Crippen molar-refractivity contribution in [2.45, 2.75) is 19.1 Å². The van der Waals surface area contributed by atoms with Crippen LogP contribution in [-0.4, -0.2) is 51.0 Å². The minimum atomic E-state index is 0.258. The highest BCUT2D eigenvalue weighted by Gasteiger charge is 2.19. The normalized spacial score (nSPS) is 32.7. The Balaban J connectivity index is 2.23. The largest absolute Gasteiger partial charge is 0.376 e. The molecule has 3 heteroatoms. The van der Waals surface area contributed by atoms with E-state index in [-0.39, 0.29) is 12.2 Å². The number of hydrogen-bond donors (Lipinski definition) is 0. The molecule has 0 amide bonds. The second kappa shape index (κ2) is 4.04. The van der Waals surface area contributed by atoms with Gasteiger partial charge in [-0.25, -0.2) is 0 Å². The van der Waals surface area contributed by atoms with Crippen LogP contribution >= 0.6 is 0 Å². The van der Waals surface area contributed by atoms with E-state index >= 15 is 0 Å². The summed E-state index contributed by atoms with van der Waals surface area (Å²) < 4.78 is 11.0. The third kappa shape index (κ3) is 3.18. The standard InChI is InChI=1S/C8H17NO2/c1-7-5-10-6-8(11-7)4-9(2)3/h7-8H,4-6H2,1-3H3/t7-,8+/m0/s1. The molecule has 3 nitrogen and oxygen atoms in total. The van der Waals surface area contributed by atoms with E-state index in [1.54, 1.807) is 0 Å². The monoisotopic (exact) mass is 159 g/mol. The van der Waals surface area contributed by atoms with Crippen molar-refractivity contribution in [3.05, 3.63) is 0 Å². The number of hydrogen-bond acceptors (Lipinski definition) is 3. The molecule has 2 atom stereocenters. The summed E-state index contributed by atoms with van der Waals surface area (Å²) in [5, 5.41) is 0. The Hall–Kier alpha value is -0.120. The molecule has 1 saturated heterocycles. The summed E-state index contributed by atoms with van der Waals surface area (Å²) in [5.41, 5.74) is 0. The van der Waals surface area contributed by atoms with Gasteiger partial charge in [-0.15, -0.1) is 0 Å². The van der Waals surface area contributed by atoms with Crippen LogP contribution < -0.4 is 0 Å². The Morgan fingerprint density at radius 2 is 2.09 bits per heavy atom. The molecule has 0 aromatic carbocycles. The fourth-order valence-electron chi connectivity index (χ4n) is 1.28. The molecule has 1 fully saturated rings. The van der Waals surface area contributed by atoms with Gasteiger partial charge in [0.25, 0.3) is 0 Å². The lowest BCUT2D eigenvalue weighted by atomic mass is 10.3. The van der Waals surface area contributed by atoms with Crippen LogP contribution in [0, 0.1) is 0 Å². The molecule has 0 aliphatic carbocycles. The highest BCUT2D eigenvalue weighted by Crippen LogP contribution is 2.07. The van der Waals surface area contributed by atoms with Gasteiger partial charge >= 0.3 is 0 Å². The first-order chi connectivity index (χ1) is 5.18. The van der Waals surface area contributed by atoms with Crippen LogP contribution in [-0.2, 0) is 9.47 Å². The summed E-state index contributed by atoms with van der Waals surface area (Å²) in [4.78, 5) is 2.12. The molecule has 0 aromatic heterocycles. The van der Waals surface area contributed by atoms with Crippen LogP contribution in [0.4, 0.5) is 0 Å². The fourth-order valence-corrected chi connectivity index (χ4v) is 1.28. The van der Waals surface area contributed by atoms with Crippen LogP contribution in [0.5, 0.6) is 0 Å². The highest BCUT2D eigenvalue weighted by molar-refractivity contribution is 4.67. The van der Waals surface area contributed by atoms with Gasteiger partial charge in [-0.1, -0.05) is 0 Å². The molecular weight excluding hydrogens is 142 g/mol. The van der Waals surface area contributed by atoms with Gasteiger partial charge in [-0.05, 0) is 21.0 Å². The molecule has 11 heavy (non-hydrogen) atoms. The van der Waals surface area contributed by atoms with Crippen molar-refractivity contribution >= 4 is 0 Å². The predicted molar refractivity (Wildman–Crippen MR) is 43.7 cm³/mol. The molecule has 0 aromatic rings. The third-order valence-corrected chi connectivity index (χ3v) is 1.65. The van der Waals surface area contributed by atoms with Crippen LogP contribution in [0.25, 0.3) is 0 Å². The molecule has 1 rings (SSSR count). The van der Waals surface area contributed by atoms with Gasteiger partial charge in [-0.3, -0.25) is 0 Å². The lowest BCUT2D eigenvalue weighted by molar-refractivity contribution is -0.134. The highest BCUT2D eigenvalue weighted by atomic mass is 16.6. The smallest absolute Gasteiger partial charge is 0.0939 e. The van der Waals surface area contributed by atoms with Gasteiger partial charge in [0, 0.05) is 6.54 Å². The summed E-state index contributed by atoms with van der Waals surface area (Å²) in [5.74, 6) is 0. The topological polar surface area (TPSA) is 21.7 Å². The Labute approximate surface area is 68.3 Å². The van der Waals surface area contributed by atoms with Gasteiger partial charge < -0.3 is 14.4 Å². The van der Waals surface area contributed by atoms with Crippen molar-refractivity contribution in [2.75, 3.05) is 33.9 Å². The maximum atomic E-state index is 5.63. The summed E-state index contributed by atoms with van der Waals surface area (Å²) in [7, 11) is 4.09. The minimum Gasteiger partial charge on any atom is -0.376 e. The van der Waals surface area contributed by atoms with Crippen molar-refractivity contribution in [3.8, 4) is 0 Å². The second-order valence-corrected chi connectivity index (χ2v) is 3.37.